The first-order chi connectivity index (χ1) is 6.85. The van der Waals surface area contributed by atoms with Crippen molar-refractivity contribution in [2.45, 2.75) is 6.42 Å². The fraction of sp³-hybridized carbons (Fsp3) is 0.200. The van der Waals surface area contributed by atoms with Crippen molar-refractivity contribution in [2.75, 3.05) is 7.11 Å². The molecule has 0 amide bonds. The van der Waals surface area contributed by atoms with Gasteiger partial charge in [0.25, 0.3) is 0 Å². The van der Waals surface area contributed by atoms with Gasteiger partial charge in [-0.3, -0.25) is 0 Å². The van der Waals surface area contributed by atoms with Crippen LogP contribution in [0.25, 0.3) is 10.2 Å². The van der Waals surface area contributed by atoms with Gasteiger partial charge in [-0.2, -0.15) is 5.26 Å². The molecule has 0 atom stereocenters. The van der Waals surface area contributed by atoms with E-state index in [9.17, 15) is 0 Å². The average Bonchev–Trinajstić information content (AvgIpc) is 2.60. The number of thiazole rings is 1. The summed E-state index contributed by atoms with van der Waals surface area (Å²) in [5.41, 5.74) is 0.852. The number of fused-ring (bicyclic) bond motifs is 1. The van der Waals surface area contributed by atoms with Gasteiger partial charge in [-0.15, -0.1) is 11.3 Å². The zero-order valence-electron chi connectivity index (χ0n) is 7.65. The molecule has 0 saturated heterocycles. The lowest BCUT2D eigenvalue weighted by atomic mass is 10.3. The van der Waals surface area contributed by atoms with Gasteiger partial charge in [0, 0.05) is 0 Å². The van der Waals surface area contributed by atoms with Gasteiger partial charge in [-0.05, 0) is 12.1 Å². The molecule has 70 valence electrons. The van der Waals surface area contributed by atoms with Crippen LogP contribution >= 0.6 is 11.3 Å². The van der Waals surface area contributed by atoms with E-state index in [1.807, 2.05) is 18.2 Å². The smallest absolute Gasteiger partial charge is 0.145 e. The Balaban J connectivity index is 2.59. The molecular weight excluding hydrogens is 196 g/mol. The van der Waals surface area contributed by atoms with Crippen LogP contribution < -0.4 is 4.74 Å². The molecule has 1 aromatic heterocycles. The maximum absolute atomic E-state index is 8.56. The molecule has 14 heavy (non-hydrogen) atoms. The number of methoxy groups -OCH3 is 1. The largest absolute Gasteiger partial charge is 0.494 e. The molecular formula is C10H8N2OS. The molecule has 0 saturated carbocycles. The minimum Gasteiger partial charge on any atom is -0.494 e. The molecule has 1 heterocycles. The van der Waals surface area contributed by atoms with E-state index in [-0.39, 0.29) is 0 Å². The fourth-order valence-corrected chi connectivity index (χ4v) is 2.19. The Morgan fingerprint density at radius 1 is 1.57 bits per heavy atom. The van der Waals surface area contributed by atoms with Gasteiger partial charge in [0.2, 0.25) is 0 Å². The maximum Gasteiger partial charge on any atom is 0.145 e. The van der Waals surface area contributed by atoms with E-state index in [4.69, 9.17) is 10.00 Å². The molecule has 2 rings (SSSR count). The van der Waals surface area contributed by atoms with Crippen molar-refractivity contribution in [1.82, 2.24) is 4.98 Å². The highest BCUT2D eigenvalue weighted by atomic mass is 32.1. The second-order valence-electron chi connectivity index (χ2n) is 2.75. The number of hydrogen-bond donors (Lipinski definition) is 0. The Morgan fingerprint density at radius 3 is 3.14 bits per heavy atom. The van der Waals surface area contributed by atoms with Crippen molar-refractivity contribution in [2.24, 2.45) is 0 Å². The first kappa shape index (κ1) is 8.97. The number of rotatable bonds is 2. The number of aromatic nitrogens is 1. The van der Waals surface area contributed by atoms with Crippen LogP contribution in [0.4, 0.5) is 0 Å². The van der Waals surface area contributed by atoms with E-state index >= 15 is 0 Å². The van der Waals surface area contributed by atoms with Crippen LogP contribution in [0, 0.1) is 11.3 Å². The summed E-state index contributed by atoms with van der Waals surface area (Å²) in [4.78, 5) is 4.34. The third kappa shape index (κ3) is 1.42. The van der Waals surface area contributed by atoms with Crippen LogP contribution in [0.15, 0.2) is 18.2 Å². The lowest BCUT2D eigenvalue weighted by Crippen LogP contribution is -1.84. The Bertz CT molecular complexity index is 498. The predicted molar refractivity (Wildman–Crippen MR) is 55.5 cm³/mol. The minimum absolute atomic E-state index is 0.364. The van der Waals surface area contributed by atoms with Crippen molar-refractivity contribution < 1.29 is 4.74 Å². The van der Waals surface area contributed by atoms with Crippen molar-refractivity contribution in [3.63, 3.8) is 0 Å². The van der Waals surface area contributed by atoms with E-state index in [1.165, 1.54) is 11.3 Å². The number of para-hydroxylation sites is 1. The lowest BCUT2D eigenvalue weighted by Gasteiger charge is -1.97. The third-order valence-corrected chi connectivity index (χ3v) is 2.90. The summed E-state index contributed by atoms with van der Waals surface area (Å²) in [5.74, 6) is 0.767. The standard InChI is InChI=1S/C10H8N2OS/c1-13-7-3-2-4-8-10(7)12-9(14-8)5-6-11/h2-4H,5H2,1H3. The Morgan fingerprint density at radius 2 is 2.43 bits per heavy atom. The summed E-state index contributed by atoms with van der Waals surface area (Å²) in [5, 5.41) is 9.40. The first-order valence-electron chi connectivity index (χ1n) is 4.14. The molecule has 0 fully saturated rings. The third-order valence-electron chi connectivity index (χ3n) is 1.88. The molecule has 4 heteroatoms. The van der Waals surface area contributed by atoms with Gasteiger partial charge in [-0.25, -0.2) is 4.98 Å². The minimum atomic E-state index is 0.364. The topological polar surface area (TPSA) is 45.9 Å². The molecule has 0 spiro atoms. The maximum atomic E-state index is 8.56. The van der Waals surface area contributed by atoms with Crippen molar-refractivity contribution >= 4 is 21.6 Å². The summed E-state index contributed by atoms with van der Waals surface area (Å²) in [6, 6.07) is 7.87. The summed E-state index contributed by atoms with van der Waals surface area (Å²) in [7, 11) is 1.62. The zero-order chi connectivity index (χ0) is 9.97. The molecule has 0 bridgehead atoms. The highest BCUT2D eigenvalue weighted by Gasteiger charge is 2.07. The Labute approximate surface area is 85.6 Å². The van der Waals surface area contributed by atoms with Crippen LogP contribution in [0.3, 0.4) is 0 Å². The van der Waals surface area contributed by atoms with Crippen LogP contribution in [-0.4, -0.2) is 12.1 Å². The average molecular weight is 204 g/mol. The highest BCUT2D eigenvalue weighted by Crippen LogP contribution is 2.29. The molecule has 0 aliphatic rings. The molecule has 0 aliphatic heterocycles. The molecule has 0 unspecified atom stereocenters. The second kappa shape index (κ2) is 3.64. The monoisotopic (exact) mass is 204 g/mol. The molecule has 3 nitrogen and oxygen atoms in total. The van der Waals surface area contributed by atoms with Crippen LogP contribution in [0.5, 0.6) is 5.75 Å². The molecule has 2 aromatic rings. The van der Waals surface area contributed by atoms with Gasteiger partial charge in [-0.1, -0.05) is 6.07 Å². The molecule has 0 aliphatic carbocycles. The number of nitrogens with zero attached hydrogens (tertiary/aromatic N) is 2. The van der Waals surface area contributed by atoms with E-state index in [1.54, 1.807) is 7.11 Å². The van der Waals surface area contributed by atoms with Crippen molar-refractivity contribution in [3.8, 4) is 11.8 Å². The SMILES string of the molecule is COc1cccc2sc(CC#N)nc12. The van der Waals surface area contributed by atoms with E-state index in [0.29, 0.717) is 6.42 Å². The van der Waals surface area contributed by atoms with Gasteiger partial charge >= 0.3 is 0 Å². The lowest BCUT2D eigenvalue weighted by molar-refractivity contribution is 0.419. The number of nitriles is 1. The van der Waals surface area contributed by atoms with Crippen LogP contribution in [0.2, 0.25) is 0 Å². The normalized spacial score (nSPS) is 10.0. The quantitative estimate of drug-likeness (QED) is 0.754. The number of ether oxygens (including phenoxy) is 1. The van der Waals surface area contributed by atoms with E-state index in [0.717, 1.165) is 21.0 Å². The summed E-state index contributed by atoms with van der Waals surface area (Å²) < 4.78 is 6.24. The Hall–Kier alpha value is -1.60. The number of hydrogen-bond acceptors (Lipinski definition) is 4. The molecule has 0 N–H and O–H groups in total. The van der Waals surface area contributed by atoms with Crippen molar-refractivity contribution in [1.29, 1.82) is 5.26 Å². The van der Waals surface area contributed by atoms with Gasteiger partial charge < -0.3 is 4.74 Å². The predicted octanol–water partition coefficient (Wildman–Crippen LogP) is 2.37. The Kier molecular flexibility index (Phi) is 2.33. The van der Waals surface area contributed by atoms with Gasteiger partial charge in [0.1, 0.15) is 16.3 Å². The second-order valence-corrected chi connectivity index (χ2v) is 3.86. The first-order valence-corrected chi connectivity index (χ1v) is 4.96. The van der Waals surface area contributed by atoms with Gasteiger partial charge in [0.05, 0.1) is 24.3 Å². The zero-order valence-corrected chi connectivity index (χ0v) is 8.47. The van der Waals surface area contributed by atoms with Crippen LogP contribution in [0.1, 0.15) is 5.01 Å². The highest BCUT2D eigenvalue weighted by molar-refractivity contribution is 7.18. The van der Waals surface area contributed by atoms with Crippen LogP contribution in [-0.2, 0) is 6.42 Å². The number of benzene rings is 1. The molecule has 1 aromatic carbocycles. The summed E-state index contributed by atoms with van der Waals surface area (Å²) in [6.45, 7) is 0. The summed E-state index contributed by atoms with van der Waals surface area (Å²) in [6.07, 6.45) is 0.364. The fourth-order valence-electron chi connectivity index (χ4n) is 1.28. The molecule has 0 radical (unpaired) electrons. The van der Waals surface area contributed by atoms with E-state index < -0.39 is 0 Å². The van der Waals surface area contributed by atoms with Crippen molar-refractivity contribution in [3.05, 3.63) is 23.2 Å². The van der Waals surface area contributed by atoms with E-state index in [2.05, 4.69) is 11.1 Å². The summed E-state index contributed by atoms with van der Waals surface area (Å²) >= 11 is 1.54. The van der Waals surface area contributed by atoms with Gasteiger partial charge in [0.15, 0.2) is 0 Å².